The minimum Gasteiger partial charge on any atom is -0.491 e. The molecule has 0 radical (unpaired) electrons. The Morgan fingerprint density at radius 1 is 1.27 bits per heavy atom. The third-order valence-electron chi connectivity index (χ3n) is 6.11. The maximum atomic E-state index is 13.7. The Morgan fingerprint density at radius 3 is 2.80 bits per heavy atom. The van der Waals surface area contributed by atoms with Crippen molar-refractivity contribution in [1.82, 2.24) is 19.5 Å². The van der Waals surface area contributed by atoms with E-state index < -0.39 is 5.91 Å². The van der Waals surface area contributed by atoms with Crippen LogP contribution in [0.15, 0.2) is 76.9 Å². The van der Waals surface area contributed by atoms with Crippen LogP contribution in [0.25, 0.3) is 17.3 Å². The lowest BCUT2D eigenvalue weighted by atomic mass is 10.1. The molecular weight excluding hydrogens is 554 g/mol. The van der Waals surface area contributed by atoms with Crippen LogP contribution in [0.1, 0.15) is 32.1 Å². The van der Waals surface area contributed by atoms with Crippen molar-refractivity contribution < 1.29 is 19.2 Å². The van der Waals surface area contributed by atoms with Gasteiger partial charge in [0.2, 0.25) is 0 Å². The Bertz CT molecular complexity index is 1740. The smallest absolute Gasteiger partial charge is 0.280 e. The Kier molecular flexibility index (Phi) is 7.96. The molecule has 4 aromatic heterocycles. The number of methoxy groups -OCH3 is 1. The molecule has 0 aliphatic rings. The molecule has 10 nitrogen and oxygen atoms in total. The number of ether oxygens (including phenoxy) is 1. The highest BCUT2D eigenvalue weighted by Crippen LogP contribution is 2.38. The average molecular weight is 578 g/mol. The summed E-state index contributed by atoms with van der Waals surface area (Å²) < 4.78 is 14.0. The maximum absolute atomic E-state index is 13.7. The lowest BCUT2D eigenvalue weighted by molar-refractivity contribution is 0.0947. The summed E-state index contributed by atoms with van der Waals surface area (Å²) in [7, 11) is 1.47. The Balaban J connectivity index is 1.63. The Hall–Kier alpha value is -4.45. The molecule has 0 saturated carbocycles. The average Bonchev–Trinajstić information content (AvgIpc) is 3.72. The Morgan fingerprint density at radius 2 is 2.12 bits per heavy atom. The molecule has 0 aliphatic carbocycles. The van der Waals surface area contributed by atoms with E-state index in [0.717, 1.165) is 4.88 Å². The summed E-state index contributed by atoms with van der Waals surface area (Å²) in [6, 6.07) is 13.4. The van der Waals surface area contributed by atoms with Gasteiger partial charge in [-0.2, -0.15) is 9.78 Å². The summed E-state index contributed by atoms with van der Waals surface area (Å²) in [4.78, 5) is 27.8. The van der Waals surface area contributed by atoms with Crippen molar-refractivity contribution in [2.24, 2.45) is 0 Å². The number of rotatable bonds is 10. The van der Waals surface area contributed by atoms with E-state index in [1.165, 1.54) is 40.0 Å². The fourth-order valence-electron chi connectivity index (χ4n) is 4.19. The van der Waals surface area contributed by atoms with Crippen molar-refractivity contribution in [1.29, 1.82) is 0 Å². The zero-order chi connectivity index (χ0) is 28.2. The third kappa shape index (κ3) is 5.48. The fourth-order valence-corrected chi connectivity index (χ4v) is 5.22. The van der Waals surface area contributed by atoms with Gasteiger partial charge in [-0.25, -0.2) is 0 Å². The highest BCUT2D eigenvalue weighted by molar-refractivity contribution is 7.16. The first kappa shape index (κ1) is 27.1. The standard InChI is InChI=1S/C28H24ClN5O5S/c1-3-18-14-33(15-20-9-10-39-32-20)24(36)12-22(18)25-26(38-2)27(30-13-21-7-8-23(29)40-21)34(31-25)28(37)19-6-4-5-17(11-19)16-35/h3-12,14,30,35H,1,13,15-16H2,2H3. The number of nitrogens with zero attached hydrogens (tertiary/aromatic N) is 4. The van der Waals surface area contributed by atoms with Crippen molar-refractivity contribution in [3.8, 4) is 17.0 Å². The normalized spacial score (nSPS) is 11.0. The van der Waals surface area contributed by atoms with Gasteiger partial charge in [-0.15, -0.1) is 11.3 Å². The van der Waals surface area contributed by atoms with Gasteiger partial charge in [0.25, 0.3) is 11.5 Å². The number of hydrogen-bond acceptors (Lipinski definition) is 9. The summed E-state index contributed by atoms with van der Waals surface area (Å²) in [5, 5.41) is 21.3. The monoisotopic (exact) mass is 577 g/mol. The zero-order valence-electron chi connectivity index (χ0n) is 21.3. The predicted octanol–water partition coefficient (Wildman–Crippen LogP) is 4.91. The molecular formula is C28H24ClN5O5S. The fraction of sp³-hybridized carbons (Fsp3) is 0.143. The van der Waals surface area contributed by atoms with Crippen LogP contribution in [0.4, 0.5) is 5.82 Å². The van der Waals surface area contributed by atoms with E-state index in [1.807, 2.05) is 6.07 Å². The molecule has 40 heavy (non-hydrogen) atoms. The quantitative estimate of drug-likeness (QED) is 0.240. The first-order chi connectivity index (χ1) is 19.4. The number of benzene rings is 1. The van der Waals surface area contributed by atoms with E-state index in [9.17, 15) is 14.7 Å². The van der Waals surface area contributed by atoms with E-state index in [-0.39, 0.29) is 30.2 Å². The van der Waals surface area contributed by atoms with Gasteiger partial charge in [0.1, 0.15) is 17.7 Å². The first-order valence-corrected chi connectivity index (χ1v) is 13.3. The molecule has 0 spiro atoms. The molecule has 0 saturated heterocycles. The van der Waals surface area contributed by atoms with Crippen molar-refractivity contribution in [2.45, 2.75) is 19.7 Å². The van der Waals surface area contributed by atoms with E-state index in [0.29, 0.717) is 44.6 Å². The summed E-state index contributed by atoms with van der Waals surface area (Å²) in [6.07, 6.45) is 4.68. The molecule has 5 aromatic rings. The summed E-state index contributed by atoms with van der Waals surface area (Å²) in [6.45, 7) is 4.24. The molecule has 0 bridgehead atoms. The van der Waals surface area contributed by atoms with Gasteiger partial charge < -0.3 is 24.3 Å². The highest BCUT2D eigenvalue weighted by Gasteiger charge is 2.26. The molecule has 204 valence electrons. The van der Waals surface area contributed by atoms with Gasteiger partial charge >= 0.3 is 0 Å². The number of carbonyl (C=O) groups is 1. The van der Waals surface area contributed by atoms with Crippen LogP contribution >= 0.6 is 22.9 Å². The second kappa shape index (κ2) is 11.7. The van der Waals surface area contributed by atoms with E-state index in [2.05, 4.69) is 22.2 Å². The highest BCUT2D eigenvalue weighted by atomic mass is 35.5. The van der Waals surface area contributed by atoms with Gasteiger partial charge in [-0.05, 0) is 35.4 Å². The third-order valence-corrected chi connectivity index (χ3v) is 7.34. The topological polar surface area (TPSA) is 124 Å². The number of thiophene rings is 1. The lowest BCUT2D eigenvalue weighted by Crippen LogP contribution is -2.20. The summed E-state index contributed by atoms with van der Waals surface area (Å²) in [5.74, 6) is 0.111. The number of nitrogens with one attached hydrogen (secondary N) is 1. The number of pyridine rings is 1. The van der Waals surface area contributed by atoms with Crippen molar-refractivity contribution in [3.63, 3.8) is 0 Å². The van der Waals surface area contributed by atoms with Crippen LogP contribution in [0.3, 0.4) is 0 Å². The number of anilines is 1. The van der Waals surface area contributed by atoms with Crippen LogP contribution in [0.5, 0.6) is 5.75 Å². The predicted molar refractivity (Wildman–Crippen MR) is 153 cm³/mol. The summed E-state index contributed by atoms with van der Waals surface area (Å²) >= 11 is 7.51. The van der Waals surface area contributed by atoms with E-state index in [1.54, 1.807) is 48.7 Å². The second-order valence-corrected chi connectivity index (χ2v) is 10.5. The van der Waals surface area contributed by atoms with E-state index in [4.69, 9.17) is 20.9 Å². The van der Waals surface area contributed by atoms with Crippen LogP contribution in [0.2, 0.25) is 4.34 Å². The lowest BCUT2D eigenvalue weighted by Gasteiger charge is -2.11. The second-order valence-electron chi connectivity index (χ2n) is 8.67. The minimum atomic E-state index is -0.453. The molecule has 0 amide bonds. The number of halogens is 1. The number of carbonyl (C=O) groups excluding carboxylic acids is 1. The van der Waals surface area contributed by atoms with Gasteiger partial charge in [-0.1, -0.05) is 41.5 Å². The van der Waals surface area contributed by atoms with Crippen LogP contribution < -0.4 is 15.6 Å². The SMILES string of the molecule is C=Cc1cn(Cc2ccon2)c(=O)cc1-c1nn(C(=O)c2cccc(CO)c2)c(NCc2ccc(Cl)s2)c1OC. The molecule has 1 aromatic carbocycles. The van der Waals surface area contributed by atoms with Crippen LogP contribution in [-0.4, -0.2) is 37.6 Å². The zero-order valence-corrected chi connectivity index (χ0v) is 22.9. The minimum absolute atomic E-state index is 0.206. The van der Waals surface area contributed by atoms with E-state index >= 15 is 0 Å². The molecule has 5 rings (SSSR count). The van der Waals surface area contributed by atoms with Crippen molar-refractivity contribution in [2.75, 3.05) is 12.4 Å². The van der Waals surface area contributed by atoms with Gasteiger partial charge in [0.15, 0.2) is 11.6 Å². The molecule has 2 N–H and O–H groups in total. The molecule has 4 heterocycles. The maximum Gasteiger partial charge on any atom is 0.280 e. The molecule has 0 unspecified atom stereocenters. The van der Waals surface area contributed by atoms with Crippen molar-refractivity contribution in [3.05, 3.63) is 110 Å². The van der Waals surface area contributed by atoms with Crippen molar-refractivity contribution >= 4 is 40.7 Å². The van der Waals surface area contributed by atoms with Gasteiger partial charge in [0, 0.05) is 34.3 Å². The van der Waals surface area contributed by atoms with Crippen LogP contribution in [0, 0.1) is 0 Å². The molecule has 12 heteroatoms. The van der Waals surface area contributed by atoms with Gasteiger partial charge in [0.05, 0.1) is 31.1 Å². The number of aromatic nitrogens is 4. The summed E-state index contributed by atoms with van der Waals surface area (Å²) in [5.41, 5.74) is 2.48. The number of hydrogen-bond donors (Lipinski definition) is 2. The molecule has 0 atom stereocenters. The first-order valence-electron chi connectivity index (χ1n) is 12.1. The molecule has 0 aliphatic heterocycles. The number of aliphatic hydroxyl groups excluding tert-OH is 1. The van der Waals surface area contributed by atoms with Gasteiger partial charge in [-0.3, -0.25) is 9.59 Å². The Labute approximate surface area is 237 Å². The molecule has 0 fully saturated rings. The van der Waals surface area contributed by atoms with Crippen LogP contribution in [-0.2, 0) is 19.7 Å². The largest absolute Gasteiger partial charge is 0.491 e. The number of aliphatic hydroxyl groups is 1.